The van der Waals surface area contributed by atoms with E-state index < -0.39 is 34.4 Å². The molecule has 4 heterocycles. The fourth-order valence-electron chi connectivity index (χ4n) is 4.25. The molecule has 0 unspecified atom stereocenters. The van der Waals surface area contributed by atoms with Gasteiger partial charge in [0.25, 0.3) is 0 Å². The first-order valence-electron chi connectivity index (χ1n) is 9.28. The van der Waals surface area contributed by atoms with E-state index in [-0.39, 0.29) is 34.6 Å². The van der Waals surface area contributed by atoms with E-state index in [9.17, 15) is 27.9 Å². The predicted octanol–water partition coefficient (Wildman–Crippen LogP) is 2.05. The molecule has 30 heavy (non-hydrogen) atoms. The van der Waals surface area contributed by atoms with Gasteiger partial charge in [-0.3, -0.25) is 9.36 Å². The highest BCUT2D eigenvalue weighted by Crippen LogP contribution is 2.32. The zero-order valence-electron chi connectivity index (χ0n) is 15.4. The van der Waals surface area contributed by atoms with E-state index in [0.717, 1.165) is 35.4 Å². The molecule has 154 valence electrons. The van der Waals surface area contributed by atoms with Crippen molar-refractivity contribution < 1.29 is 23.1 Å². The zero-order valence-corrected chi connectivity index (χ0v) is 15.4. The van der Waals surface area contributed by atoms with Crippen molar-refractivity contribution in [3.05, 3.63) is 63.7 Å². The van der Waals surface area contributed by atoms with Gasteiger partial charge in [-0.05, 0) is 24.6 Å². The van der Waals surface area contributed by atoms with Gasteiger partial charge in [0.2, 0.25) is 5.43 Å². The Labute approximate surface area is 167 Å². The van der Waals surface area contributed by atoms with Crippen LogP contribution in [0.4, 0.5) is 19.0 Å². The summed E-state index contributed by atoms with van der Waals surface area (Å²) in [5.74, 6) is -4.10. The molecule has 2 aliphatic rings. The van der Waals surface area contributed by atoms with Gasteiger partial charge in [0.05, 0.1) is 11.1 Å². The van der Waals surface area contributed by atoms with Crippen molar-refractivity contribution in [1.29, 1.82) is 0 Å². The highest BCUT2D eigenvalue weighted by Gasteiger charge is 2.39. The standard InChI is InChI=1S/C20H15F3N4O3/c21-9-1-2-16(14(22)3-9)27-8-13(20(29)30)17(28)12-5-15(23)19(25-18(12)27)26-7-10-4-11(26)6-24-10/h1-3,5,8,10-11,24H,4,6-7H2,(H,29,30)/t10-,11-/m1/s1. The third-order valence-corrected chi connectivity index (χ3v) is 5.64. The Bertz CT molecular complexity index is 1280. The average Bonchev–Trinajstić information content (AvgIpc) is 3.32. The van der Waals surface area contributed by atoms with Crippen molar-refractivity contribution in [3.63, 3.8) is 0 Å². The SMILES string of the molecule is O=C(O)c1cn(-c2ccc(F)cc2F)c2nc(N3C[C@H]4C[C@@H]3CN4)c(F)cc2c1=O. The van der Waals surface area contributed by atoms with Gasteiger partial charge in [-0.1, -0.05) is 0 Å². The normalized spacial score (nSPS) is 20.3. The number of carboxylic acid groups (broad SMARTS) is 1. The number of anilines is 1. The molecule has 2 atom stereocenters. The third-order valence-electron chi connectivity index (χ3n) is 5.64. The Balaban J connectivity index is 1.80. The van der Waals surface area contributed by atoms with Crippen LogP contribution >= 0.6 is 0 Å². The molecule has 2 aromatic heterocycles. The highest BCUT2D eigenvalue weighted by molar-refractivity contribution is 5.92. The Morgan fingerprint density at radius 2 is 2.00 bits per heavy atom. The van der Waals surface area contributed by atoms with Crippen LogP contribution in [0.3, 0.4) is 0 Å². The smallest absolute Gasteiger partial charge is 0.341 e. The van der Waals surface area contributed by atoms with Crippen LogP contribution < -0.4 is 15.6 Å². The van der Waals surface area contributed by atoms with E-state index in [1.807, 2.05) is 0 Å². The van der Waals surface area contributed by atoms with Crippen LogP contribution in [0.5, 0.6) is 0 Å². The number of benzene rings is 1. The molecule has 2 fully saturated rings. The Kier molecular flexibility index (Phi) is 4.07. The molecule has 0 aliphatic carbocycles. The maximum Gasteiger partial charge on any atom is 0.341 e. The predicted molar refractivity (Wildman–Crippen MR) is 102 cm³/mol. The fraction of sp³-hybridized carbons (Fsp3) is 0.250. The van der Waals surface area contributed by atoms with E-state index in [4.69, 9.17) is 0 Å². The minimum atomic E-state index is -1.55. The van der Waals surface area contributed by atoms with Crippen molar-refractivity contribution >= 4 is 22.8 Å². The number of aromatic nitrogens is 2. The molecular formula is C20H15F3N4O3. The van der Waals surface area contributed by atoms with Gasteiger partial charge in [-0.25, -0.2) is 22.9 Å². The fourth-order valence-corrected chi connectivity index (χ4v) is 4.25. The number of rotatable bonds is 3. The van der Waals surface area contributed by atoms with Crippen molar-refractivity contribution in [1.82, 2.24) is 14.9 Å². The third kappa shape index (κ3) is 2.75. The van der Waals surface area contributed by atoms with Crippen molar-refractivity contribution in [2.24, 2.45) is 0 Å². The number of nitrogens with zero attached hydrogens (tertiary/aromatic N) is 3. The molecule has 0 spiro atoms. The molecule has 10 heteroatoms. The van der Waals surface area contributed by atoms with Crippen LogP contribution in [0.2, 0.25) is 0 Å². The van der Waals surface area contributed by atoms with Crippen LogP contribution in [0.15, 0.2) is 35.3 Å². The minimum absolute atomic E-state index is 0.00949. The van der Waals surface area contributed by atoms with E-state index in [1.54, 1.807) is 4.90 Å². The van der Waals surface area contributed by atoms with E-state index in [0.29, 0.717) is 19.2 Å². The van der Waals surface area contributed by atoms with Gasteiger partial charge in [0.15, 0.2) is 17.3 Å². The lowest BCUT2D eigenvalue weighted by molar-refractivity contribution is 0.0695. The van der Waals surface area contributed by atoms with Crippen LogP contribution in [-0.2, 0) is 0 Å². The summed E-state index contributed by atoms with van der Waals surface area (Å²) in [7, 11) is 0. The second-order valence-corrected chi connectivity index (χ2v) is 7.45. The molecule has 2 saturated heterocycles. The molecule has 5 rings (SSSR count). The summed E-state index contributed by atoms with van der Waals surface area (Å²) in [6, 6.07) is 3.91. The summed E-state index contributed by atoms with van der Waals surface area (Å²) in [6.45, 7) is 1.20. The number of carboxylic acids is 1. The lowest BCUT2D eigenvalue weighted by atomic mass is 10.1. The Hall–Kier alpha value is -3.40. The molecule has 7 nitrogen and oxygen atoms in total. The van der Waals surface area contributed by atoms with E-state index in [1.165, 1.54) is 0 Å². The molecule has 2 aliphatic heterocycles. The molecule has 0 radical (unpaired) electrons. The van der Waals surface area contributed by atoms with E-state index in [2.05, 4.69) is 10.3 Å². The first-order valence-corrected chi connectivity index (χ1v) is 9.28. The monoisotopic (exact) mass is 416 g/mol. The number of piperazine rings is 1. The molecular weight excluding hydrogens is 401 g/mol. The first-order chi connectivity index (χ1) is 14.3. The average molecular weight is 416 g/mol. The number of fused-ring (bicyclic) bond motifs is 3. The van der Waals surface area contributed by atoms with Gasteiger partial charge in [-0.2, -0.15) is 0 Å². The molecule has 1 aromatic carbocycles. The quantitative estimate of drug-likeness (QED) is 0.680. The first kappa shape index (κ1) is 18.6. The van der Waals surface area contributed by atoms with Crippen LogP contribution in [0.1, 0.15) is 16.8 Å². The molecule has 2 N–H and O–H groups in total. The lowest BCUT2D eigenvalue weighted by Crippen LogP contribution is -2.44. The van der Waals surface area contributed by atoms with Crippen LogP contribution in [0.25, 0.3) is 16.7 Å². The molecule has 3 aromatic rings. The summed E-state index contributed by atoms with van der Waals surface area (Å²) < 4.78 is 43.9. The molecule has 2 bridgehead atoms. The molecule has 0 saturated carbocycles. The van der Waals surface area contributed by atoms with Crippen LogP contribution in [0, 0.1) is 17.5 Å². The summed E-state index contributed by atoms with van der Waals surface area (Å²) >= 11 is 0. The van der Waals surface area contributed by atoms with Crippen LogP contribution in [-0.4, -0.2) is 45.8 Å². The number of hydrogen-bond donors (Lipinski definition) is 2. The summed E-state index contributed by atoms with van der Waals surface area (Å²) in [4.78, 5) is 30.3. The maximum atomic E-state index is 14.9. The summed E-state index contributed by atoms with van der Waals surface area (Å²) in [5, 5.41) is 12.4. The van der Waals surface area contributed by atoms with E-state index >= 15 is 0 Å². The van der Waals surface area contributed by atoms with Crippen molar-refractivity contribution in [2.45, 2.75) is 18.5 Å². The minimum Gasteiger partial charge on any atom is -0.477 e. The Morgan fingerprint density at radius 3 is 2.63 bits per heavy atom. The maximum absolute atomic E-state index is 14.9. The number of aromatic carboxylic acids is 1. The molecule has 0 amide bonds. The van der Waals surface area contributed by atoms with Crippen molar-refractivity contribution in [2.75, 3.05) is 18.0 Å². The highest BCUT2D eigenvalue weighted by atomic mass is 19.1. The topological polar surface area (TPSA) is 87.5 Å². The van der Waals surface area contributed by atoms with Gasteiger partial charge in [-0.15, -0.1) is 0 Å². The number of hydrogen-bond acceptors (Lipinski definition) is 5. The zero-order chi connectivity index (χ0) is 21.2. The Morgan fingerprint density at radius 1 is 1.20 bits per heavy atom. The van der Waals surface area contributed by atoms with Gasteiger partial charge in [0.1, 0.15) is 17.2 Å². The van der Waals surface area contributed by atoms with Crippen molar-refractivity contribution in [3.8, 4) is 5.69 Å². The lowest BCUT2D eigenvalue weighted by Gasteiger charge is -2.29. The number of halogens is 3. The van der Waals surface area contributed by atoms with Gasteiger partial charge in [0, 0.05) is 37.4 Å². The van der Waals surface area contributed by atoms with Gasteiger partial charge >= 0.3 is 5.97 Å². The summed E-state index contributed by atoms with van der Waals surface area (Å²) in [5.41, 5.74) is -1.93. The second kappa shape index (κ2) is 6.56. The number of pyridine rings is 2. The van der Waals surface area contributed by atoms with Gasteiger partial charge < -0.3 is 15.3 Å². The number of carbonyl (C=O) groups is 1. The summed E-state index contributed by atoms with van der Waals surface area (Å²) in [6.07, 6.45) is 1.76. The second-order valence-electron chi connectivity index (χ2n) is 7.45. The largest absolute Gasteiger partial charge is 0.477 e. The number of nitrogens with one attached hydrogen (secondary N) is 1.